The first kappa shape index (κ1) is 11.7. The van der Waals surface area contributed by atoms with Gasteiger partial charge in [0.2, 0.25) is 0 Å². The summed E-state index contributed by atoms with van der Waals surface area (Å²) in [6.45, 7) is 0. The number of nitrogens with one attached hydrogen (secondary N) is 1. The van der Waals surface area contributed by atoms with Crippen molar-refractivity contribution in [3.63, 3.8) is 0 Å². The van der Waals surface area contributed by atoms with Crippen LogP contribution in [0.4, 0.5) is 19.0 Å². The van der Waals surface area contributed by atoms with Gasteiger partial charge >= 0.3 is 6.18 Å². The average Bonchev–Trinajstić information content (AvgIpc) is 2.90. The molecular formula is C11H12F3N3O. The van der Waals surface area contributed by atoms with Crippen LogP contribution in [0.1, 0.15) is 25.0 Å². The summed E-state index contributed by atoms with van der Waals surface area (Å²) in [6, 6.07) is 2.38. The summed E-state index contributed by atoms with van der Waals surface area (Å²) in [5.41, 5.74) is -0.975. The maximum Gasteiger partial charge on any atom is 0.435 e. The summed E-state index contributed by atoms with van der Waals surface area (Å²) in [6.07, 6.45) is -1.05. The molecule has 2 aliphatic heterocycles. The van der Waals surface area contributed by atoms with Crippen LogP contribution in [0.2, 0.25) is 0 Å². The lowest BCUT2D eigenvalue weighted by molar-refractivity contribution is -0.141. The zero-order valence-corrected chi connectivity index (χ0v) is 9.44. The highest BCUT2D eigenvalue weighted by molar-refractivity contribution is 5.35. The SMILES string of the molecule is FC(F)(F)c1ccc(NC2CC3CCC2O3)nn1. The lowest BCUT2D eigenvalue weighted by atomic mass is 9.95. The number of hydrogen-bond acceptors (Lipinski definition) is 4. The van der Waals surface area contributed by atoms with E-state index < -0.39 is 11.9 Å². The van der Waals surface area contributed by atoms with Gasteiger partial charge in [-0.05, 0) is 31.4 Å². The molecule has 98 valence electrons. The Labute approximate surface area is 102 Å². The first-order valence-electron chi connectivity index (χ1n) is 5.85. The molecule has 2 bridgehead atoms. The van der Waals surface area contributed by atoms with Crippen LogP contribution >= 0.6 is 0 Å². The fourth-order valence-electron chi connectivity index (χ4n) is 2.54. The maximum atomic E-state index is 12.3. The quantitative estimate of drug-likeness (QED) is 0.884. The van der Waals surface area contributed by atoms with Gasteiger partial charge in [0, 0.05) is 0 Å². The second-order valence-corrected chi connectivity index (χ2v) is 4.66. The molecule has 2 saturated heterocycles. The number of rotatable bonds is 2. The molecule has 0 spiro atoms. The van der Waals surface area contributed by atoms with Crippen molar-refractivity contribution in [1.82, 2.24) is 10.2 Å². The molecule has 1 aromatic heterocycles. The third-order valence-electron chi connectivity index (χ3n) is 3.39. The minimum absolute atomic E-state index is 0.134. The van der Waals surface area contributed by atoms with E-state index in [0.29, 0.717) is 5.82 Å². The van der Waals surface area contributed by atoms with Gasteiger partial charge in [-0.2, -0.15) is 13.2 Å². The summed E-state index contributed by atoms with van der Waals surface area (Å²) in [4.78, 5) is 0. The summed E-state index contributed by atoms with van der Waals surface area (Å²) in [5.74, 6) is 0.365. The van der Waals surface area contributed by atoms with Gasteiger partial charge in [-0.3, -0.25) is 0 Å². The first-order chi connectivity index (χ1) is 8.52. The molecule has 3 atom stereocenters. The van der Waals surface area contributed by atoms with Gasteiger partial charge in [-0.1, -0.05) is 0 Å². The summed E-state index contributed by atoms with van der Waals surface area (Å²) >= 11 is 0. The van der Waals surface area contributed by atoms with Gasteiger partial charge in [-0.15, -0.1) is 10.2 Å². The second-order valence-electron chi connectivity index (χ2n) is 4.66. The van der Waals surface area contributed by atoms with E-state index in [1.165, 1.54) is 6.07 Å². The van der Waals surface area contributed by atoms with Crippen molar-refractivity contribution in [3.8, 4) is 0 Å². The summed E-state index contributed by atoms with van der Waals surface area (Å²) in [7, 11) is 0. The predicted molar refractivity (Wildman–Crippen MR) is 57.0 cm³/mol. The van der Waals surface area contributed by atoms with Crippen molar-refractivity contribution in [2.75, 3.05) is 5.32 Å². The van der Waals surface area contributed by atoms with Crippen molar-refractivity contribution in [2.45, 2.75) is 43.7 Å². The Morgan fingerprint density at radius 2 is 2.06 bits per heavy atom. The number of nitrogens with zero attached hydrogens (tertiary/aromatic N) is 2. The van der Waals surface area contributed by atoms with Crippen LogP contribution in [0.15, 0.2) is 12.1 Å². The molecule has 0 amide bonds. The Morgan fingerprint density at radius 3 is 2.56 bits per heavy atom. The third-order valence-corrected chi connectivity index (χ3v) is 3.39. The number of ether oxygens (including phenoxy) is 1. The number of anilines is 1. The Kier molecular flexibility index (Phi) is 2.65. The fraction of sp³-hybridized carbons (Fsp3) is 0.636. The number of alkyl halides is 3. The number of hydrogen-bond donors (Lipinski definition) is 1. The topological polar surface area (TPSA) is 47.0 Å². The largest absolute Gasteiger partial charge is 0.435 e. The zero-order valence-electron chi connectivity index (χ0n) is 9.44. The molecule has 2 fully saturated rings. The smallest absolute Gasteiger partial charge is 0.373 e. The maximum absolute atomic E-state index is 12.3. The van der Waals surface area contributed by atoms with Gasteiger partial charge in [-0.25, -0.2) is 0 Å². The van der Waals surface area contributed by atoms with E-state index in [0.717, 1.165) is 25.3 Å². The summed E-state index contributed by atoms with van der Waals surface area (Å²) < 4.78 is 42.6. The van der Waals surface area contributed by atoms with Crippen LogP contribution in [0, 0.1) is 0 Å². The zero-order chi connectivity index (χ0) is 12.8. The molecule has 7 heteroatoms. The molecule has 2 aliphatic rings. The molecule has 0 aromatic carbocycles. The van der Waals surface area contributed by atoms with Crippen LogP contribution in [0.3, 0.4) is 0 Å². The first-order valence-corrected chi connectivity index (χ1v) is 5.85. The van der Waals surface area contributed by atoms with Gasteiger partial charge < -0.3 is 10.1 Å². The van der Waals surface area contributed by atoms with Crippen LogP contribution in [-0.2, 0) is 10.9 Å². The van der Waals surface area contributed by atoms with Crippen LogP contribution in [0.5, 0.6) is 0 Å². The lowest BCUT2D eigenvalue weighted by Crippen LogP contribution is -2.31. The highest BCUT2D eigenvalue weighted by Gasteiger charge is 2.41. The van der Waals surface area contributed by atoms with Crippen LogP contribution in [-0.4, -0.2) is 28.4 Å². The van der Waals surface area contributed by atoms with E-state index in [1.807, 2.05) is 0 Å². The molecule has 3 rings (SSSR count). The monoisotopic (exact) mass is 259 g/mol. The normalized spacial score (nSPS) is 30.7. The molecule has 3 heterocycles. The highest BCUT2D eigenvalue weighted by atomic mass is 19.4. The van der Waals surface area contributed by atoms with E-state index in [2.05, 4.69) is 15.5 Å². The van der Waals surface area contributed by atoms with E-state index in [-0.39, 0.29) is 18.2 Å². The minimum Gasteiger partial charge on any atom is -0.373 e. The molecule has 3 unspecified atom stereocenters. The van der Waals surface area contributed by atoms with E-state index >= 15 is 0 Å². The fourth-order valence-corrected chi connectivity index (χ4v) is 2.54. The molecule has 4 nitrogen and oxygen atoms in total. The molecule has 18 heavy (non-hydrogen) atoms. The van der Waals surface area contributed by atoms with Crippen molar-refractivity contribution in [1.29, 1.82) is 0 Å². The van der Waals surface area contributed by atoms with Crippen LogP contribution < -0.4 is 5.32 Å². The minimum atomic E-state index is -4.44. The Balaban J connectivity index is 1.67. The average molecular weight is 259 g/mol. The number of fused-ring (bicyclic) bond motifs is 2. The van der Waals surface area contributed by atoms with E-state index in [4.69, 9.17) is 4.74 Å². The standard InChI is InChI=1S/C11H12F3N3O/c12-11(13,14)9-3-4-10(17-16-9)15-7-5-6-1-2-8(7)18-6/h3-4,6-8H,1-2,5H2,(H,15,17). The van der Waals surface area contributed by atoms with Crippen molar-refractivity contribution in [2.24, 2.45) is 0 Å². The molecule has 1 aromatic rings. The van der Waals surface area contributed by atoms with Crippen molar-refractivity contribution in [3.05, 3.63) is 17.8 Å². The second kappa shape index (κ2) is 4.08. The number of aromatic nitrogens is 2. The Morgan fingerprint density at radius 1 is 1.22 bits per heavy atom. The third kappa shape index (κ3) is 2.14. The number of halogens is 3. The summed E-state index contributed by atoms with van der Waals surface area (Å²) in [5, 5.41) is 9.82. The molecule has 1 N–H and O–H groups in total. The molecule has 0 saturated carbocycles. The predicted octanol–water partition coefficient (Wildman–Crippen LogP) is 2.23. The van der Waals surface area contributed by atoms with Gasteiger partial charge in [0.1, 0.15) is 5.82 Å². The van der Waals surface area contributed by atoms with Gasteiger partial charge in [0.05, 0.1) is 18.2 Å². The van der Waals surface area contributed by atoms with Crippen molar-refractivity contribution < 1.29 is 17.9 Å². The van der Waals surface area contributed by atoms with Crippen molar-refractivity contribution >= 4 is 5.82 Å². The van der Waals surface area contributed by atoms with Gasteiger partial charge in [0.15, 0.2) is 5.69 Å². The van der Waals surface area contributed by atoms with E-state index in [9.17, 15) is 13.2 Å². The van der Waals surface area contributed by atoms with Gasteiger partial charge in [0.25, 0.3) is 0 Å². The highest BCUT2D eigenvalue weighted by Crippen LogP contribution is 2.35. The molecule has 0 radical (unpaired) electrons. The van der Waals surface area contributed by atoms with Crippen LogP contribution in [0.25, 0.3) is 0 Å². The van der Waals surface area contributed by atoms with E-state index in [1.54, 1.807) is 0 Å². The Bertz CT molecular complexity index is 434. The molecular weight excluding hydrogens is 247 g/mol. The lowest BCUT2D eigenvalue weighted by Gasteiger charge is -2.20. The Hall–Kier alpha value is -1.37. The molecule has 0 aliphatic carbocycles.